The van der Waals surface area contributed by atoms with Crippen LogP contribution >= 0.6 is 11.3 Å². The van der Waals surface area contributed by atoms with Crippen LogP contribution in [0.3, 0.4) is 0 Å². The van der Waals surface area contributed by atoms with Crippen molar-refractivity contribution in [2.45, 2.75) is 6.42 Å². The lowest BCUT2D eigenvalue weighted by molar-refractivity contribution is 0.0832. The smallest absolute Gasteiger partial charge is 0.263 e. The van der Waals surface area contributed by atoms with Gasteiger partial charge in [-0.1, -0.05) is 30.3 Å². The number of fused-ring (bicyclic) bond motifs is 1. The zero-order chi connectivity index (χ0) is 16.2. The minimum absolute atomic E-state index is 0.0109. The number of nitrogens with zero attached hydrogens (tertiary/aromatic N) is 3. The van der Waals surface area contributed by atoms with Crippen molar-refractivity contribution < 1.29 is 4.79 Å². The van der Waals surface area contributed by atoms with Gasteiger partial charge in [0, 0.05) is 20.6 Å². The fourth-order valence-electron chi connectivity index (χ4n) is 2.29. The number of nitrogens with one attached hydrogen (secondary N) is 1. The van der Waals surface area contributed by atoms with Gasteiger partial charge in [0.05, 0.1) is 10.3 Å². The quantitative estimate of drug-likeness (QED) is 0.783. The first-order chi connectivity index (χ1) is 11.1. The Morgan fingerprint density at radius 2 is 2.00 bits per heavy atom. The van der Waals surface area contributed by atoms with Gasteiger partial charge >= 0.3 is 0 Å². The van der Waals surface area contributed by atoms with Gasteiger partial charge in [0.25, 0.3) is 5.91 Å². The number of thiophene rings is 1. The first kappa shape index (κ1) is 15.4. The van der Waals surface area contributed by atoms with Gasteiger partial charge in [-0.3, -0.25) is 4.79 Å². The highest BCUT2D eigenvalue weighted by Crippen LogP contribution is 2.28. The van der Waals surface area contributed by atoms with E-state index in [0.717, 1.165) is 29.0 Å². The Balaban J connectivity index is 1.77. The largest absolute Gasteiger partial charge is 0.369 e. The number of rotatable bonds is 5. The van der Waals surface area contributed by atoms with Crippen LogP contribution in [0.25, 0.3) is 10.2 Å². The summed E-state index contributed by atoms with van der Waals surface area (Å²) < 4.78 is 0. The SMILES string of the molecule is CN(C)C(=O)c1cc2c(NCCc3ccccc3)ncnc2s1. The van der Waals surface area contributed by atoms with E-state index in [2.05, 4.69) is 27.4 Å². The van der Waals surface area contributed by atoms with E-state index in [4.69, 9.17) is 0 Å². The van der Waals surface area contributed by atoms with Crippen molar-refractivity contribution in [1.29, 1.82) is 0 Å². The zero-order valence-electron chi connectivity index (χ0n) is 13.1. The summed E-state index contributed by atoms with van der Waals surface area (Å²) in [6.45, 7) is 0.781. The second-order valence-corrected chi connectivity index (χ2v) is 6.44. The van der Waals surface area contributed by atoms with Crippen molar-refractivity contribution in [1.82, 2.24) is 14.9 Å². The molecule has 0 saturated heterocycles. The Morgan fingerprint density at radius 1 is 1.22 bits per heavy atom. The number of benzene rings is 1. The maximum Gasteiger partial charge on any atom is 0.263 e. The molecule has 1 N–H and O–H groups in total. The second kappa shape index (κ2) is 6.75. The molecule has 0 aliphatic heterocycles. The number of aromatic nitrogens is 2. The highest BCUT2D eigenvalue weighted by Gasteiger charge is 2.15. The first-order valence-electron chi connectivity index (χ1n) is 7.39. The lowest BCUT2D eigenvalue weighted by atomic mass is 10.1. The van der Waals surface area contributed by atoms with Crippen LogP contribution in [-0.4, -0.2) is 41.4 Å². The number of anilines is 1. The standard InChI is InChI=1S/C17H18N4OS/c1-21(2)17(22)14-10-13-15(19-11-20-16(13)23-14)18-9-8-12-6-4-3-5-7-12/h3-7,10-11H,8-9H2,1-2H3,(H,18,19,20). The maximum absolute atomic E-state index is 12.1. The van der Waals surface area contributed by atoms with E-state index in [9.17, 15) is 4.79 Å². The predicted molar refractivity (Wildman–Crippen MR) is 94.1 cm³/mol. The van der Waals surface area contributed by atoms with Gasteiger partial charge < -0.3 is 10.2 Å². The van der Waals surface area contributed by atoms with Crippen LogP contribution in [0.5, 0.6) is 0 Å². The number of carbonyl (C=O) groups excluding carboxylic acids is 1. The van der Waals surface area contributed by atoms with E-state index >= 15 is 0 Å². The molecule has 118 valence electrons. The molecule has 0 unspecified atom stereocenters. The molecule has 0 aliphatic carbocycles. The van der Waals surface area contributed by atoms with Crippen LogP contribution in [0.1, 0.15) is 15.2 Å². The summed E-state index contributed by atoms with van der Waals surface area (Å²) in [4.78, 5) is 23.7. The first-order valence-corrected chi connectivity index (χ1v) is 8.21. The molecule has 1 aromatic carbocycles. The predicted octanol–water partition coefficient (Wildman–Crippen LogP) is 3.05. The summed E-state index contributed by atoms with van der Waals surface area (Å²) in [5, 5.41) is 4.25. The molecule has 0 fully saturated rings. The van der Waals surface area contributed by atoms with E-state index in [0.29, 0.717) is 4.88 Å². The van der Waals surface area contributed by atoms with Crippen molar-refractivity contribution >= 4 is 33.3 Å². The van der Waals surface area contributed by atoms with E-state index in [-0.39, 0.29) is 5.91 Å². The lowest BCUT2D eigenvalue weighted by Gasteiger charge is -2.07. The molecule has 0 bridgehead atoms. The molecule has 0 spiro atoms. The Kier molecular flexibility index (Phi) is 4.52. The minimum atomic E-state index is -0.0109. The van der Waals surface area contributed by atoms with Gasteiger partial charge in [0.15, 0.2) is 0 Å². The van der Waals surface area contributed by atoms with Crippen molar-refractivity contribution in [2.75, 3.05) is 26.0 Å². The molecule has 1 amide bonds. The fraction of sp³-hybridized carbons (Fsp3) is 0.235. The summed E-state index contributed by atoms with van der Waals surface area (Å²) in [6.07, 6.45) is 2.45. The molecule has 2 aromatic heterocycles. The van der Waals surface area contributed by atoms with Gasteiger partial charge in [0.2, 0.25) is 0 Å². The van der Waals surface area contributed by atoms with Crippen LogP contribution in [0, 0.1) is 0 Å². The zero-order valence-corrected chi connectivity index (χ0v) is 13.9. The summed E-state index contributed by atoms with van der Waals surface area (Å²) >= 11 is 1.40. The van der Waals surface area contributed by atoms with Crippen molar-refractivity contribution in [2.24, 2.45) is 0 Å². The third-order valence-corrected chi connectivity index (χ3v) is 4.53. The molecular formula is C17H18N4OS. The average Bonchev–Trinajstić information content (AvgIpc) is 3.00. The molecule has 3 rings (SSSR count). The van der Waals surface area contributed by atoms with E-state index in [1.165, 1.54) is 23.2 Å². The van der Waals surface area contributed by atoms with Crippen LogP contribution in [0.15, 0.2) is 42.7 Å². The number of hydrogen-bond donors (Lipinski definition) is 1. The maximum atomic E-state index is 12.1. The Hall–Kier alpha value is -2.47. The molecule has 0 aliphatic rings. The van der Waals surface area contributed by atoms with E-state index in [1.807, 2.05) is 24.3 Å². The van der Waals surface area contributed by atoms with Crippen LogP contribution in [-0.2, 0) is 6.42 Å². The fourth-order valence-corrected chi connectivity index (χ4v) is 3.31. The van der Waals surface area contributed by atoms with Gasteiger partial charge in [-0.05, 0) is 18.1 Å². The van der Waals surface area contributed by atoms with Gasteiger partial charge in [-0.25, -0.2) is 9.97 Å². The number of carbonyl (C=O) groups is 1. The molecule has 23 heavy (non-hydrogen) atoms. The monoisotopic (exact) mass is 326 g/mol. The topological polar surface area (TPSA) is 58.1 Å². The Bertz CT molecular complexity index is 814. The van der Waals surface area contributed by atoms with Gasteiger partial charge in [-0.2, -0.15) is 0 Å². The van der Waals surface area contributed by atoms with Crippen molar-refractivity contribution in [3.63, 3.8) is 0 Å². The highest BCUT2D eigenvalue weighted by molar-refractivity contribution is 7.20. The molecule has 3 aromatic rings. The molecule has 5 nitrogen and oxygen atoms in total. The molecule has 0 saturated carbocycles. The van der Waals surface area contributed by atoms with E-state index in [1.54, 1.807) is 19.0 Å². The van der Waals surface area contributed by atoms with Gasteiger partial charge in [0.1, 0.15) is 17.0 Å². The van der Waals surface area contributed by atoms with Crippen molar-refractivity contribution in [3.05, 3.63) is 53.2 Å². The van der Waals surface area contributed by atoms with Crippen LogP contribution < -0.4 is 5.32 Å². The highest BCUT2D eigenvalue weighted by atomic mass is 32.1. The molecule has 0 radical (unpaired) electrons. The summed E-state index contributed by atoms with van der Waals surface area (Å²) in [6, 6.07) is 12.2. The summed E-state index contributed by atoms with van der Waals surface area (Å²) in [7, 11) is 3.49. The van der Waals surface area contributed by atoms with Crippen molar-refractivity contribution in [3.8, 4) is 0 Å². The van der Waals surface area contributed by atoms with E-state index < -0.39 is 0 Å². The summed E-state index contributed by atoms with van der Waals surface area (Å²) in [5.41, 5.74) is 1.28. The lowest BCUT2D eigenvalue weighted by Crippen LogP contribution is -2.20. The second-order valence-electron chi connectivity index (χ2n) is 5.41. The van der Waals surface area contributed by atoms with Gasteiger partial charge in [-0.15, -0.1) is 11.3 Å². The minimum Gasteiger partial charge on any atom is -0.369 e. The Morgan fingerprint density at radius 3 is 2.74 bits per heavy atom. The number of hydrogen-bond acceptors (Lipinski definition) is 5. The third kappa shape index (κ3) is 3.48. The van der Waals surface area contributed by atoms with Crippen LogP contribution in [0.2, 0.25) is 0 Å². The molecule has 6 heteroatoms. The molecule has 0 atom stereocenters. The average molecular weight is 326 g/mol. The number of amides is 1. The molecule has 2 heterocycles. The van der Waals surface area contributed by atoms with Crippen LogP contribution in [0.4, 0.5) is 5.82 Å². The normalized spacial score (nSPS) is 10.7. The third-order valence-electron chi connectivity index (χ3n) is 3.50. The molecular weight excluding hydrogens is 308 g/mol. The Labute approximate surface area is 139 Å². The summed E-state index contributed by atoms with van der Waals surface area (Å²) in [5.74, 6) is 0.767.